The Hall–Kier alpha value is -1.61. The van der Waals surface area contributed by atoms with Gasteiger partial charge in [0.2, 0.25) is 0 Å². The summed E-state index contributed by atoms with van der Waals surface area (Å²) in [4.78, 5) is 12.4. The van der Waals surface area contributed by atoms with Gasteiger partial charge in [0, 0.05) is 5.69 Å². The molecule has 2 nitrogen and oxygen atoms in total. The molecule has 0 atom stereocenters. The number of benzene rings is 1. The maximum atomic E-state index is 11.6. The fourth-order valence-corrected chi connectivity index (χ4v) is 1.93. The van der Waals surface area contributed by atoms with Crippen LogP contribution in [0.4, 0.5) is 5.69 Å². The molecule has 1 heterocycles. The molecule has 0 saturated carbocycles. The molecule has 76 valence electrons. The van der Waals surface area contributed by atoms with E-state index in [2.05, 4.69) is 5.32 Å². The van der Waals surface area contributed by atoms with Gasteiger partial charge in [0.15, 0.2) is 5.78 Å². The third kappa shape index (κ3) is 2.67. The monoisotopic (exact) mass is 217 g/mol. The Balaban J connectivity index is 1.92. The van der Waals surface area contributed by atoms with E-state index in [-0.39, 0.29) is 5.78 Å². The van der Waals surface area contributed by atoms with Crippen LogP contribution in [0.1, 0.15) is 9.67 Å². The van der Waals surface area contributed by atoms with Crippen molar-refractivity contribution in [2.24, 2.45) is 0 Å². The number of para-hydroxylation sites is 1. The number of hydrogen-bond acceptors (Lipinski definition) is 3. The van der Waals surface area contributed by atoms with Crippen molar-refractivity contribution in [3.63, 3.8) is 0 Å². The topological polar surface area (TPSA) is 29.1 Å². The normalized spacial score (nSPS) is 9.87. The molecular weight excluding hydrogens is 206 g/mol. The molecule has 1 aromatic carbocycles. The van der Waals surface area contributed by atoms with E-state index in [1.807, 2.05) is 47.8 Å². The number of Topliss-reactive ketones (excluding diaryl/α,β-unsaturated/α-hetero) is 1. The van der Waals surface area contributed by atoms with Crippen molar-refractivity contribution in [2.75, 3.05) is 11.9 Å². The first-order valence-electron chi connectivity index (χ1n) is 4.72. The standard InChI is InChI=1S/C12H11NOS/c14-11(12-7-4-8-15-12)9-13-10-5-2-1-3-6-10/h1-8,13H,9H2. The molecule has 1 N–H and O–H groups in total. The Morgan fingerprint density at radius 3 is 2.60 bits per heavy atom. The van der Waals surface area contributed by atoms with Gasteiger partial charge in [-0.25, -0.2) is 0 Å². The van der Waals surface area contributed by atoms with Crippen LogP contribution >= 0.6 is 11.3 Å². The van der Waals surface area contributed by atoms with Gasteiger partial charge in [-0.1, -0.05) is 24.3 Å². The van der Waals surface area contributed by atoms with Crippen molar-refractivity contribution in [1.82, 2.24) is 0 Å². The Morgan fingerprint density at radius 2 is 1.93 bits per heavy atom. The summed E-state index contributed by atoms with van der Waals surface area (Å²) in [5.74, 6) is 0.133. The van der Waals surface area contributed by atoms with Crippen LogP contribution in [-0.4, -0.2) is 12.3 Å². The SMILES string of the molecule is O=C(CNc1ccccc1)c1cccs1. The fourth-order valence-electron chi connectivity index (χ4n) is 1.26. The highest BCUT2D eigenvalue weighted by atomic mass is 32.1. The number of rotatable bonds is 4. The van der Waals surface area contributed by atoms with Gasteiger partial charge in [0.25, 0.3) is 0 Å². The maximum absolute atomic E-state index is 11.6. The van der Waals surface area contributed by atoms with Gasteiger partial charge in [-0.05, 0) is 23.6 Å². The number of thiophene rings is 1. The van der Waals surface area contributed by atoms with Gasteiger partial charge in [-0.3, -0.25) is 4.79 Å². The molecule has 0 aliphatic carbocycles. The van der Waals surface area contributed by atoms with E-state index in [0.717, 1.165) is 10.6 Å². The molecule has 0 radical (unpaired) electrons. The molecule has 15 heavy (non-hydrogen) atoms. The van der Waals surface area contributed by atoms with Crippen molar-refractivity contribution in [3.05, 3.63) is 52.7 Å². The zero-order valence-corrected chi connectivity index (χ0v) is 8.96. The Labute approximate surface area is 92.6 Å². The van der Waals surface area contributed by atoms with Crippen LogP contribution in [-0.2, 0) is 0 Å². The molecule has 2 rings (SSSR count). The summed E-state index contributed by atoms with van der Waals surface area (Å²) < 4.78 is 0. The van der Waals surface area contributed by atoms with E-state index in [1.54, 1.807) is 0 Å². The summed E-state index contributed by atoms with van der Waals surface area (Å²) in [7, 11) is 0. The van der Waals surface area contributed by atoms with Gasteiger partial charge in [-0.15, -0.1) is 11.3 Å². The number of anilines is 1. The summed E-state index contributed by atoms with van der Waals surface area (Å²) in [5, 5.41) is 5.00. The molecule has 3 heteroatoms. The molecule has 1 aromatic heterocycles. The summed E-state index contributed by atoms with van der Waals surface area (Å²) in [5.41, 5.74) is 0.974. The van der Waals surface area contributed by atoms with Gasteiger partial charge in [0.05, 0.1) is 11.4 Å². The highest BCUT2D eigenvalue weighted by molar-refractivity contribution is 7.12. The maximum Gasteiger partial charge on any atom is 0.191 e. The van der Waals surface area contributed by atoms with Crippen LogP contribution in [0.25, 0.3) is 0 Å². The molecule has 0 saturated heterocycles. The van der Waals surface area contributed by atoms with Crippen LogP contribution < -0.4 is 5.32 Å². The zero-order valence-electron chi connectivity index (χ0n) is 8.14. The largest absolute Gasteiger partial charge is 0.378 e. The quantitative estimate of drug-likeness (QED) is 0.797. The predicted molar refractivity (Wildman–Crippen MR) is 63.6 cm³/mol. The van der Waals surface area contributed by atoms with E-state index in [9.17, 15) is 4.79 Å². The van der Waals surface area contributed by atoms with E-state index >= 15 is 0 Å². The molecule has 0 bridgehead atoms. The summed E-state index contributed by atoms with van der Waals surface area (Å²) in [6, 6.07) is 13.5. The molecular formula is C12H11NOS. The molecule has 0 spiro atoms. The number of hydrogen-bond donors (Lipinski definition) is 1. The second kappa shape index (κ2) is 4.75. The number of carbonyl (C=O) groups is 1. The third-order valence-corrected chi connectivity index (χ3v) is 2.93. The van der Waals surface area contributed by atoms with Gasteiger partial charge in [0.1, 0.15) is 0 Å². The first kappa shape index (κ1) is 9.93. The fraction of sp³-hybridized carbons (Fsp3) is 0.0833. The summed E-state index contributed by atoms with van der Waals surface area (Å²) in [6.45, 7) is 0.352. The zero-order chi connectivity index (χ0) is 10.5. The van der Waals surface area contributed by atoms with Crippen LogP contribution in [0.15, 0.2) is 47.8 Å². The average molecular weight is 217 g/mol. The van der Waals surface area contributed by atoms with Crippen molar-refractivity contribution in [3.8, 4) is 0 Å². The third-order valence-electron chi connectivity index (χ3n) is 2.02. The first-order chi connectivity index (χ1) is 7.36. The minimum atomic E-state index is 0.133. The predicted octanol–water partition coefficient (Wildman–Crippen LogP) is 3.04. The minimum absolute atomic E-state index is 0.133. The van der Waals surface area contributed by atoms with E-state index in [0.29, 0.717) is 6.54 Å². The van der Waals surface area contributed by atoms with E-state index in [4.69, 9.17) is 0 Å². The summed E-state index contributed by atoms with van der Waals surface area (Å²) >= 11 is 1.48. The Morgan fingerprint density at radius 1 is 1.13 bits per heavy atom. The lowest BCUT2D eigenvalue weighted by Gasteiger charge is -2.03. The number of carbonyl (C=O) groups excluding carboxylic acids is 1. The smallest absolute Gasteiger partial charge is 0.191 e. The second-order valence-electron chi connectivity index (χ2n) is 3.12. The molecule has 0 aliphatic heterocycles. The lowest BCUT2D eigenvalue weighted by molar-refractivity contribution is 0.101. The Bertz CT molecular complexity index is 422. The van der Waals surface area contributed by atoms with Gasteiger partial charge >= 0.3 is 0 Å². The van der Waals surface area contributed by atoms with E-state index in [1.165, 1.54) is 11.3 Å². The Kier molecular flexibility index (Phi) is 3.15. The highest BCUT2D eigenvalue weighted by Gasteiger charge is 2.05. The number of ketones is 1. The van der Waals surface area contributed by atoms with Crippen molar-refractivity contribution in [1.29, 1.82) is 0 Å². The molecule has 0 fully saturated rings. The lowest BCUT2D eigenvalue weighted by atomic mass is 10.3. The van der Waals surface area contributed by atoms with Gasteiger partial charge < -0.3 is 5.32 Å². The molecule has 0 amide bonds. The van der Waals surface area contributed by atoms with Crippen LogP contribution in [0.2, 0.25) is 0 Å². The van der Waals surface area contributed by atoms with E-state index < -0.39 is 0 Å². The molecule has 0 unspecified atom stereocenters. The van der Waals surface area contributed by atoms with Gasteiger partial charge in [-0.2, -0.15) is 0 Å². The minimum Gasteiger partial charge on any atom is -0.378 e. The lowest BCUT2D eigenvalue weighted by Crippen LogP contribution is -2.12. The average Bonchev–Trinajstić information content (AvgIpc) is 2.81. The van der Waals surface area contributed by atoms with Crippen molar-refractivity contribution >= 4 is 22.8 Å². The molecule has 0 aliphatic rings. The first-order valence-corrected chi connectivity index (χ1v) is 5.60. The summed E-state index contributed by atoms with van der Waals surface area (Å²) in [6.07, 6.45) is 0. The van der Waals surface area contributed by atoms with Crippen LogP contribution in [0.3, 0.4) is 0 Å². The van der Waals surface area contributed by atoms with Crippen LogP contribution in [0.5, 0.6) is 0 Å². The van der Waals surface area contributed by atoms with Crippen molar-refractivity contribution < 1.29 is 4.79 Å². The van der Waals surface area contributed by atoms with Crippen LogP contribution in [0, 0.1) is 0 Å². The molecule has 2 aromatic rings. The highest BCUT2D eigenvalue weighted by Crippen LogP contribution is 2.10. The van der Waals surface area contributed by atoms with Crippen molar-refractivity contribution in [2.45, 2.75) is 0 Å². The second-order valence-corrected chi connectivity index (χ2v) is 4.07. The number of nitrogens with one attached hydrogen (secondary N) is 1.